The van der Waals surface area contributed by atoms with E-state index in [0.29, 0.717) is 0 Å². The predicted octanol–water partition coefficient (Wildman–Crippen LogP) is 4.95. The fourth-order valence-electron chi connectivity index (χ4n) is 2.34. The number of unbranched alkanes of at least 4 members (excludes halogenated alkanes) is 11. The number of nitrogens with two attached hydrogens (primary N) is 1. The van der Waals surface area contributed by atoms with Gasteiger partial charge in [-0.2, -0.15) is 0 Å². The van der Waals surface area contributed by atoms with Gasteiger partial charge in [-0.3, -0.25) is 0 Å². The first kappa shape index (κ1) is 19.7. The van der Waals surface area contributed by atoms with Crippen molar-refractivity contribution < 1.29 is 5.11 Å². The quantitative estimate of drug-likeness (QED) is 0.350. The maximum absolute atomic E-state index is 9.49. The Balaban J connectivity index is 3.13. The Morgan fingerprint density at radius 1 is 0.850 bits per heavy atom. The van der Waals surface area contributed by atoms with Crippen molar-refractivity contribution in [2.24, 2.45) is 5.73 Å². The van der Waals surface area contributed by atoms with E-state index in [-0.39, 0.29) is 6.04 Å². The second kappa shape index (κ2) is 15.1. The second-order valence-electron chi connectivity index (χ2n) is 6.10. The van der Waals surface area contributed by atoms with Crippen LogP contribution in [0.3, 0.4) is 0 Å². The fraction of sp³-hybridized carbons (Fsp3) is 0.889. The average molecular weight is 284 g/mol. The SMILES string of the molecule is CCCCCCCCCCCCC/C=C/[C@H](O)[C@H](C)N. The van der Waals surface area contributed by atoms with Crippen molar-refractivity contribution in [3.63, 3.8) is 0 Å². The molecule has 0 aliphatic heterocycles. The molecule has 0 unspecified atom stereocenters. The van der Waals surface area contributed by atoms with Gasteiger partial charge in [-0.25, -0.2) is 0 Å². The van der Waals surface area contributed by atoms with Gasteiger partial charge in [0.15, 0.2) is 0 Å². The van der Waals surface area contributed by atoms with Gasteiger partial charge in [0.2, 0.25) is 0 Å². The van der Waals surface area contributed by atoms with Crippen molar-refractivity contribution >= 4 is 0 Å². The zero-order valence-corrected chi connectivity index (χ0v) is 13.8. The van der Waals surface area contributed by atoms with Gasteiger partial charge in [0.05, 0.1) is 6.10 Å². The number of hydrogen-bond donors (Lipinski definition) is 2. The first-order valence-electron chi connectivity index (χ1n) is 8.78. The molecule has 0 aliphatic carbocycles. The van der Waals surface area contributed by atoms with E-state index in [2.05, 4.69) is 13.0 Å². The van der Waals surface area contributed by atoms with Crippen LogP contribution < -0.4 is 5.73 Å². The fourth-order valence-corrected chi connectivity index (χ4v) is 2.34. The molecular formula is C18H37NO. The Labute approximate surface area is 126 Å². The highest BCUT2D eigenvalue weighted by Crippen LogP contribution is 2.12. The van der Waals surface area contributed by atoms with Crippen molar-refractivity contribution in [1.82, 2.24) is 0 Å². The van der Waals surface area contributed by atoms with E-state index in [9.17, 15) is 5.11 Å². The van der Waals surface area contributed by atoms with Crippen molar-refractivity contribution in [2.75, 3.05) is 0 Å². The molecule has 0 saturated heterocycles. The van der Waals surface area contributed by atoms with Crippen LogP contribution in [0.1, 0.15) is 90.9 Å². The molecule has 0 saturated carbocycles. The monoisotopic (exact) mass is 283 g/mol. The van der Waals surface area contributed by atoms with Gasteiger partial charge >= 0.3 is 0 Å². The largest absolute Gasteiger partial charge is 0.387 e. The number of hydrogen-bond acceptors (Lipinski definition) is 2. The minimum Gasteiger partial charge on any atom is -0.387 e. The van der Waals surface area contributed by atoms with Crippen LogP contribution in [0.25, 0.3) is 0 Å². The van der Waals surface area contributed by atoms with Gasteiger partial charge in [0.25, 0.3) is 0 Å². The molecule has 0 aromatic heterocycles. The Bertz CT molecular complexity index is 213. The number of aliphatic hydroxyl groups excluding tert-OH is 1. The minimum atomic E-state index is -0.484. The molecule has 0 spiro atoms. The summed E-state index contributed by atoms with van der Waals surface area (Å²) in [6, 6.07) is -0.163. The molecule has 0 fully saturated rings. The Morgan fingerprint density at radius 3 is 1.75 bits per heavy atom. The molecule has 0 amide bonds. The zero-order valence-electron chi connectivity index (χ0n) is 13.8. The van der Waals surface area contributed by atoms with E-state index in [4.69, 9.17) is 5.73 Å². The highest BCUT2D eigenvalue weighted by atomic mass is 16.3. The molecule has 0 rings (SSSR count). The molecule has 2 heteroatoms. The molecule has 0 radical (unpaired) electrons. The summed E-state index contributed by atoms with van der Waals surface area (Å²) in [5.74, 6) is 0. The van der Waals surface area contributed by atoms with Crippen LogP contribution >= 0.6 is 0 Å². The number of allylic oxidation sites excluding steroid dienone is 1. The minimum absolute atomic E-state index is 0.163. The zero-order chi connectivity index (χ0) is 15.1. The topological polar surface area (TPSA) is 46.2 Å². The molecular weight excluding hydrogens is 246 g/mol. The van der Waals surface area contributed by atoms with Crippen LogP contribution in [0.15, 0.2) is 12.2 Å². The molecule has 0 aliphatic rings. The van der Waals surface area contributed by atoms with Crippen molar-refractivity contribution in [2.45, 2.75) is 103 Å². The second-order valence-corrected chi connectivity index (χ2v) is 6.10. The average Bonchev–Trinajstić information content (AvgIpc) is 2.43. The summed E-state index contributed by atoms with van der Waals surface area (Å²) in [6.45, 7) is 4.10. The Morgan fingerprint density at radius 2 is 1.30 bits per heavy atom. The van der Waals surface area contributed by atoms with Gasteiger partial charge in [-0.05, 0) is 19.8 Å². The number of aliphatic hydroxyl groups is 1. The summed E-state index contributed by atoms with van der Waals surface area (Å²) in [5.41, 5.74) is 5.58. The summed E-state index contributed by atoms with van der Waals surface area (Å²) in [4.78, 5) is 0. The number of rotatable bonds is 14. The van der Waals surface area contributed by atoms with Gasteiger partial charge in [0.1, 0.15) is 0 Å². The molecule has 0 bridgehead atoms. The van der Waals surface area contributed by atoms with E-state index in [1.165, 1.54) is 70.6 Å². The highest BCUT2D eigenvalue weighted by molar-refractivity contribution is 4.92. The molecule has 120 valence electrons. The van der Waals surface area contributed by atoms with E-state index in [1.54, 1.807) is 0 Å². The van der Waals surface area contributed by atoms with Crippen LogP contribution in [0.5, 0.6) is 0 Å². The third-order valence-electron chi connectivity index (χ3n) is 3.85. The molecule has 2 atom stereocenters. The summed E-state index contributed by atoms with van der Waals surface area (Å²) < 4.78 is 0. The lowest BCUT2D eigenvalue weighted by Crippen LogP contribution is -2.29. The predicted molar refractivity (Wildman–Crippen MR) is 89.9 cm³/mol. The van der Waals surface area contributed by atoms with E-state index < -0.39 is 6.10 Å². The normalized spacial score (nSPS) is 14.8. The Hall–Kier alpha value is -0.340. The van der Waals surface area contributed by atoms with E-state index in [1.807, 2.05) is 13.0 Å². The standard InChI is InChI=1S/C18H37NO/c1-3-4-5-6-7-8-9-10-11-12-13-14-15-16-18(20)17(2)19/h15-18,20H,3-14,19H2,1-2H3/b16-15+/t17-,18-/m0/s1. The van der Waals surface area contributed by atoms with Gasteiger partial charge in [-0.15, -0.1) is 0 Å². The molecule has 0 aromatic rings. The maximum atomic E-state index is 9.49. The molecule has 2 nitrogen and oxygen atoms in total. The van der Waals surface area contributed by atoms with Crippen LogP contribution in [0.2, 0.25) is 0 Å². The van der Waals surface area contributed by atoms with Gasteiger partial charge in [-0.1, -0.05) is 83.3 Å². The van der Waals surface area contributed by atoms with Gasteiger partial charge < -0.3 is 10.8 Å². The first-order chi connectivity index (χ1) is 9.68. The maximum Gasteiger partial charge on any atom is 0.0869 e. The molecule has 0 aromatic carbocycles. The van der Waals surface area contributed by atoms with E-state index >= 15 is 0 Å². The molecule has 0 heterocycles. The van der Waals surface area contributed by atoms with Crippen molar-refractivity contribution in [3.8, 4) is 0 Å². The lowest BCUT2D eigenvalue weighted by atomic mass is 10.0. The summed E-state index contributed by atoms with van der Waals surface area (Å²) >= 11 is 0. The van der Waals surface area contributed by atoms with Crippen LogP contribution in [0.4, 0.5) is 0 Å². The molecule has 3 N–H and O–H groups in total. The lowest BCUT2D eigenvalue weighted by Gasteiger charge is -2.08. The van der Waals surface area contributed by atoms with Crippen LogP contribution in [-0.2, 0) is 0 Å². The summed E-state index contributed by atoms with van der Waals surface area (Å²) in [6.07, 6.45) is 19.7. The summed E-state index contributed by atoms with van der Waals surface area (Å²) in [5, 5.41) is 9.49. The summed E-state index contributed by atoms with van der Waals surface area (Å²) in [7, 11) is 0. The van der Waals surface area contributed by atoms with Crippen molar-refractivity contribution in [1.29, 1.82) is 0 Å². The third kappa shape index (κ3) is 14.1. The lowest BCUT2D eigenvalue weighted by molar-refractivity contribution is 0.198. The molecule has 20 heavy (non-hydrogen) atoms. The van der Waals surface area contributed by atoms with Gasteiger partial charge in [0, 0.05) is 6.04 Å². The Kier molecular flexibility index (Phi) is 14.8. The van der Waals surface area contributed by atoms with E-state index in [0.717, 1.165) is 6.42 Å². The first-order valence-corrected chi connectivity index (χ1v) is 8.78. The smallest absolute Gasteiger partial charge is 0.0869 e. The van der Waals surface area contributed by atoms with Crippen molar-refractivity contribution in [3.05, 3.63) is 12.2 Å². The van der Waals surface area contributed by atoms with Crippen LogP contribution in [0, 0.1) is 0 Å². The van der Waals surface area contributed by atoms with Crippen LogP contribution in [-0.4, -0.2) is 17.3 Å². The highest BCUT2D eigenvalue weighted by Gasteiger charge is 2.03. The third-order valence-corrected chi connectivity index (χ3v) is 3.85.